The van der Waals surface area contributed by atoms with Gasteiger partial charge in [-0.25, -0.2) is 9.48 Å². The second kappa shape index (κ2) is 5.47. The Hall–Kier alpha value is -1.78. The summed E-state index contributed by atoms with van der Waals surface area (Å²) in [5, 5.41) is 13.8. The number of carboxylic acid groups (broad SMARTS) is 1. The van der Waals surface area contributed by atoms with Gasteiger partial charge < -0.3 is 5.11 Å². The van der Waals surface area contributed by atoms with Gasteiger partial charge in [-0.1, -0.05) is 23.2 Å². The predicted molar refractivity (Wildman–Crippen MR) is 75.0 cm³/mol. The molecule has 0 radical (unpaired) electrons. The molecule has 6 heteroatoms. The molecule has 19 heavy (non-hydrogen) atoms. The van der Waals surface area contributed by atoms with Crippen LogP contribution in [-0.4, -0.2) is 20.9 Å². The number of hydrogen-bond acceptors (Lipinski definition) is 2. The number of halogens is 2. The van der Waals surface area contributed by atoms with Gasteiger partial charge in [0.2, 0.25) is 0 Å². The van der Waals surface area contributed by atoms with Crippen LogP contribution in [0.25, 0.3) is 11.8 Å². The zero-order valence-electron chi connectivity index (χ0n) is 9.97. The van der Waals surface area contributed by atoms with E-state index in [2.05, 4.69) is 5.10 Å². The summed E-state index contributed by atoms with van der Waals surface area (Å²) in [5.74, 6) is -1.00. The highest BCUT2D eigenvalue weighted by atomic mass is 35.5. The highest BCUT2D eigenvalue weighted by Gasteiger charge is 2.09. The summed E-state index contributed by atoms with van der Waals surface area (Å²) < 4.78 is 1.64. The van der Waals surface area contributed by atoms with Crippen LogP contribution in [0.5, 0.6) is 0 Å². The van der Waals surface area contributed by atoms with Crippen molar-refractivity contribution < 1.29 is 9.90 Å². The van der Waals surface area contributed by atoms with Crippen LogP contribution in [0.15, 0.2) is 30.5 Å². The van der Waals surface area contributed by atoms with Gasteiger partial charge in [-0.3, -0.25) is 0 Å². The van der Waals surface area contributed by atoms with Crippen LogP contribution < -0.4 is 0 Å². The maximum absolute atomic E-state index is 10.5. The van der Waals surface area contributed by atoms with E-state index in [1.807, 2.05) is 6.92 Å². The first-order chi connectivity index (χ1) is 8.99. The molecule has 0 aliphatic heterocycles. The summed E-state index contributed by atoms with van der Waals surface area (Å²) in [6.07, 6.45) is 4.14. The van der Waals surface area contributed by atoms with Gasteiger partial charge in [0.05, 0.1) is 16.9 Å². The van der Waals surface area contributed by atoms with Crippen LogP contribution in [0.3, 0.4) is 0 Å². The molecule has 0 aliphatic carbocycles. The summed E-state index contributed by atoms with van der Waals surface area (Å²) in [6.45, 7) is 1.83. The van der Waals surface area contributed by atoms with Crippen molar-refractivity contribution in [2.75, 3.05) is 0 Å². The molecular weight excluding hydrogens is 287 g/mol. The van der Waals surface area contributed by atoms with Gasteiger partial charge in [0.25, 0.3) is 0 Å². The lowest BCUT2D eigenvalue weighted by Gasteiger charge is -2.07. The molecule has 98 valence electrons. The fourth-order valence-corrected chi connectivity index (χ4v) is 2.13. The van der Waals surface area contributed by atoms with Gasteiger partial charge in [0.1, 0.15) is 0 Å². The Bertz CT molecular complexity index is 663. The molecular formula is C13H10Cl2N2O2. The predicted octanol–water partition coefficient (Wildman–Crippen LogP) is 3.59. The van der Waals surface area contributed by atoms with E-state index < -0.39 is 5.97 Å². The number of hydrogen-bond donors (Lipinski definition) is 1. The molecule has 1 aromatic carbocycles. The number of carboxylic acids is 1. The molecule has 0 fully saturated rings. The zero-order chi connectivity index (χ0) is 14.0. The average molecular weight is 297 g/mol. The zero-order valence-corrected chi connectivity index (χ0v) is 11.5. The largest absolute Gasteiger partial charge is 0.478 e. The van der Waals surface area contributed by atoms with Gasteiger partial charge in [0.15, 0.2) is 0 Å². The number of aliphatic carboxylic acids is 1. The third-order valence-corrected chi connectivity index (χ3v) is 3.13. The minimum atomic E-state index is -1.00. The minimum Gasteiger partial charge on any atom is -0.478 e. The molecule has 0 saturated carbocycles. The second-order valence-corrected chi connectivity index (χ2v) is 4.71. The van der Waals surface area contributed by atoms with Crippen LogP contribution in [0.1, 0.15) is 11.3 Å². The van der Waals surface area contributed by atoms with Gasteiger partial charge >= 0.3 is 5.97 Å². The lowest BCUT2D eigenvalue weighted by molar-refractivity contribution is -0.131. The van der Waals surface area contributed by atoms with Crippen molar-refractivity contribution in [3.63, 3.8) is 0 Å². The second-order valence-electron chi connectivity index (χ2n) is 3.86. The molecule has 2 rings (SSSR count). The first kappa shape index (κ1) is 13.6. The molecule has 0 unspecified atom stereocenters. The van der Waals surface area contributed by atoms with E-state index in [9.17, 15) is 4.79 Å². The van der Waals surface area contributed by atoms with Crippen molar-refractivity contribution in [1.82, 2.24) is 9.78 Å². The van der Waals surface area contributed by atoms with Crippen molar-refractivity contribution in [1.29, 1.82) is 0 Å². The molecule has 2 aromatic rings. The summed E-state index contributed by atoms with van der Waals surface area (Å²) in [7, 11) is 0. The maximum atomic E-state index is 10.5. The van der Waals surface area contributed by atoms with Crippen molar-refractivity contribution >= 4 is 35.2 Å². The van der Waals surface area contributed by atoms with Crippen molar-refractivity contribution in [3.05, 3.63) is 51.8 Å². The molecule has 0 saturated heterocycles. The Kier molecular flexibility index (Phi) is 3.93. The van der Waals surface area contributed by atoms with E-state index in [-0.39, 0.29) is 0 Å². The van der Waals surface area contributed by atoms with E-state index in [0.29, 0.717) is 21.3 Å². The van der Waals surface area contributed by atoms with E-state index in [4.69, 9.17) is 28.3 Å². The van der Waals surface area contributed by atoms with E-state index in [1.165, 1.54) is 6.08 Å². The molecule has 1 N–H and O–H groups in total. The summed E-state index contributed by atoms with van der Waals surface area (Å²) in [5.41, 5.74) is 2.20. The SMILES string of the molecule is Cc1c(/C=C/C(=O)O)cnn1-c1ccc(Cl)cc1Cl. The Morgan fingerprint density at radius 2 is 2.16 bits per heavy atom. The van der Waals surface area contributed by atoms with Gasteiger partial charge in [-0.15, -0.1) is 0 Å². The monoisotopic (exact) mass is 296 g/mol. The van der Waals surface area contributed by atoms with Gasteiger partial charge in [-0.2, -0.15) is 5.10 Å². The molecule has 1 heterocycles. The quantitative estimate of drug-likeness (QED) is 0.881. The Morgan fingerprint density at radius 3 is 2.79 bits per heavy atom. The lowest BCUT2D eigenvalue weighted by atomic mass is 10.2. The average Bonchev–Trinajstić information content (AvgIpc) is 2.68. The lowest BCUT2D eigenvalue weighted by Crippen LogP contribution is -1.99. The van der Waals surface area contributed by atoms with Crippen LogP contribution in [0, 0.1) is 6.92 Å². The Balaban J connectivity index is 2.44. The van der Waals surface area contributed by atoms with Crippen LogP contribution in [0.4, 0.5) is 0 Å². The molecule has 0 amide bonds. The molecule has 0 atom stereocenters. The smallest absolute Gasteiger partial charge is 0.328 e. The first-order valence-corrected chi connectivity index (χ1v) is 6.15. The molecule has 4 nitrogen and oxygen atoms in total. The maximum Gasteiger partial charge on any atom is 0.328 e. The highest BCUT2D eigenvalue weighted by Crippen LogP contribution is 2.25. The first-order valence-electron chi connectivity index (χ1n) is 5.40. The van der Waals surface area contributed by atoms with Gasteiger partial charge in [0, 0.05) is 22.4 Å². The molecule has 0 spiro atoms. The van der Waals surface area contributed by atoms with E-state index in [0.717, 1.165) is 11.8 Å². The van der Waals surface area contributed by atoms with Crippen molar-refractivity contribution in [2.24, 2.45) is 0 Å². The van der Waals surface area contributed by atoms with Crippen LogP contribution in [0.2, 0.25) is 10.0 Å². The fourth-order valence-electron chi connectivity index (χ4n) is 1.64. The molecule has 0 bridgehead atoms. The minimum absolute atomic E-state index is 0.479. The van der Waals surface area contributed by atoms with Crippen LogP contribution >= 0.6 is 23.2 Å². The van der Waals surface area contributed by atoms with Crippen molar-refractivity contribution in [3.8, 4) is 5.69 Å². The number of rotatable bonds is 3. The topological polar surface area (TPSA) is 55.1 Å². The standard InChI is InChI=1S/C13H10Cl2N2O2/c1-8-9(2-5-13(18)19)7-16-17(8)12-4-3-10(14)6-11(12)15/h2-7H,1H3,(H,18,19)/b5-2+. The van der Waals surface area contributed by atoms with E-state index >= 15 is 0 Å². The van der Waals surface area contributed by atoms with Crippen LogP contribution in [-0.2, 0) is 4.79 Å². The Labute approximate surface area is 119 Å². The number of carbonyl (C=O) groups is 1. The molecule has 0 aliphatic rings. The Morgan fingerprint density at radius 1 is 1.42 bits per heavy atom. The normalized spacial score (nSPS) is 11.1. The molecule has 1 aromatic heterocycles. The van der Waals surface area contributed by atoms with E-state index in [1.54, 1.807) is 29.1 Å². The number of nitrogens with zero attached hydrogens (tertiary/aromatic N) is 2. The summed E-state index contributed by atoms with van der Waals surface area (Å²) in [4.78, 5) is 10.5. The number of aromatic nitrogens is 2. The fraction of sp³-hybridized carbons (Fsp3) is 0.0769. The van der Waals surface area contributed by atoms with Crippen molar-refractivity contribution in [2.45, 2.75) is 6.92 Å². The summed E-state index contributed by atoms with van der Waals surface area (Å²) >= 11 is 12.0. The highest BCUT2D eigenvalue weighted by molar-refractivity contribution is 6.35. The summed E-state index contributed by atoms with van der Waals surface area (Å²) in [6, 6.07) is 5.11. The third kappa shape index (κ3) is 2.97. The number of benzene rings is 1. The van der Waals surface area contributed by atoms with Gasteiger partial charge in [-0.05, 0) is 31.2 Å². The third-order valence-electron chi connectivity index (χ3n) is 2.59.